The standard InChI is InChI=1S/C25H29N5O3/c1-16(24(26)31)28-25(32)20-4-2-3-19(13-20)23-14-22(29-30-23)18-7-5-17(6-8-18)15-27-21-9-11-33-12-10-21/h2-8,13-14,16,21,27H,9-12,15H2,1H3,(H2,26,31)(H,28,32)(H,29,30)/t16-/m1/s1. The summed E-state index contributed by atoms with van der Waals surface area (Å²) < 4.78 is 5.41. The molecule has 0 bridgehead atoms. The van der Waals surface area contributed by atoms with Crippen molar-refractivity contribution >= 4 is 11.8 Å². The molecule has 5 N–H and O–H groups in total. The van der Waals surface area contributed by atoms with E-state index < -0.39 is 11.9 Å². The number of nitrogens with one attached hydrogen (secondary N) is 3. The number of hydrogen-bond donors (Lipinski definition) is 4. The van der Waals surface area contributed by atoms with Crippen LogP contribution in [0, 0.1) is 0 Å². The Morgan fingerprint density at radius 1 is 1.12 bits per heavy atom. The van der Waals surface area contributed by atoms with E-state index in [1.807, 2.05) is 12.1 Å². The van der Waals surface area contributed by atoms with Gasteiger partial charge in [0.05, 0.1) is 11.4 Å². The Bertz CT molecular complexity index is 1100. The molecule has 33 heavy (non-hydrogen) atoms. The van der Waals surface area contributed by atoms with Crippen LogP contribution >= 0.6 is 0 Å². The molecule has 3 aromatic rings. The zero-order valence-electron chi connectivity index (χ0n) is 18.6. The highest BCUT2D eigenvalue weighted by molar-refractivity contribution is 5.98. The van der Waals surface area contributed by atoms with Gasteiger partial charge in [0.15, 0.2) is 0 Å². The second kappa shape index (κ2) is 10.4. The van der Waals surface area contributed by atoms with Crippen LogP contribution in [0.1, 0.15) is 35.7 Å². The Labute approximate surface area is 192 Å². The van der Waals surface area contributed by atoms with Gasteiger partial charge < -0.3 is 21.1 Å². The van der Waals surface area contributed by atoms with Crippen molar-refractivity contribution in [3.05, 3.63) is 65.7 Å². The Kier molecular flexibility index (Phi) is 7.16. The summed E-state index contributed by atoms with van der Waals surface area (Å²) >= 11 is 0. The summed E-state index contributed by atoms with van der Waals surface area (Å²) in [5.41, 5.74) is 10.4. The van der Waals surface area contributed by atoms with Crippen molar-refractivity contribution in [3.8, 4) is 22.5 Å². The molecule has 172 valence electrons. The highest BCUT2D eigenvalue weighted by atomic mass is 16.5. The minimum absolute atomic E-state index is 0.358. The van der Waals surface area contributed by atoms with Gasteiger partial charge in [-0.15, -0.1) is 0 Å². The number of rotatable bonds is 8. The number of ether oxygens (including phenoxy) is 1. The topological polar surface area (TPSA) is 122 Å². The van der Waals surface area contributed by atoms with Crippen LogP contribution in [0.4, 0.5) is 0 Å². The number of hydrogen-bond acceptors (Lipinski definition) is 5. The maximum atomic E-state index is 12.4. The number of amides is 2. The quantitative estimate of drug-likeness (QED) is 0.423. The molecular weight excluding hydrogens is 418 g/mol. The molecular formula is C25H29N5O3. The number of primary amides is 1. The van der Waals surface area contributed by atoms with Crippen molar-refractivity contribution in [3.63, 3.8) is 0 Å². The normalized spacial score (nSPS) is 15.2. The van der Waals surface area contributed by atoms with E-state index in [4.69, 9.17) is 10.5 Å². The highest BCUT2D eigenvalue weighted by Gasteiger charge is 2.15. The molecule has 0 aliphatic carbocycles. The second-order valence-corrected chi connectivity index (χ2v) is 8.31. The van der Waals surface area contributed by atoms with Gasteiger partial charge in [0.25, 0.3) is 5.91 Å². The first-order valence-corrected chi connectivity index (χ1v) is 11.2. The van der Waals surface area contributed by atoms with Crippen molar-refractivity contribution in [1.82, 2.24) is 20.8 Å². The Hall–Kier alpha value is -3.49. The number of carbonyl (C=O) groups excluding carboxylic acids is 2. The monoisotopic (exact) mass is 447 g/mol. The fraction of sp³-hybridized carbons (Fsp3) is 0.320. The molecule has 0 radical (unpaired) electrons. The first-order valence-electron chi connectivity index (χ1n) is 11.2. The third-order valence-corrected chi connectivity index (χ3v) is 5.85. The van der Waals surface area contributed by atoms with E-state index in [-0.39, 0.29) is 5.91 Å². The molecule has 4 rings (SSSR count). The fourth-order valence-corrected chi connectivity index (χ4v) is 3.75. The number of carbonyl (C=O) groups is 2. The Balaban J connectivity index is 1.41. The summed E-state index contributed by atoms with van der Waals surface area (Å²) in [4.78, 5) is 23.6. The average Bonchev–Trinajstić information content (AvgIpc) is 3.34. The lowest BCUT2D eigenvalue weighted by atomic mass is 10.0. The van der Waals surface area contributed by atoms with Gasteiger partial charge in [-0.1, -0.05) is 36.4 Å². The summed E-state index contributed by atoms with van der Waals surface area (Å²) in [5, 5.41) is 13.7. The van der Waals surface area contributed by atoms with Gasteiger partial charge >= 0.3 is 0 Å². The van der Waals surface area contributed by atoms with Crippen LogP contribution in [0.25, 0.3) is 22.5 Å². The number of nitrogens with zero attached hydrogens (tertiary/aromatic N) is 1. The summed E-state index contributed by atoms with van der Waals surface area (Å²) in [6, 6.07) is 17.2. The number of H-pyrrole nitrogens is 1. The second-order valence-electron chi connectivity index (χ2n) is 8.31. The van der Waals surface area contributed by atoms with Crippen LogP contribution in [0.5, 0.6) is 0 Å². The Morgan fingerprint density at radius 2 is 1.88 bits per heavy atom. The maximum Gasteiger partial charge on any atom is 0.251 e. The van der Waals surface area contributed by atoms with E-state index in [1.54, 1.807) is 25.1 Å². The van der Waals surface area contributed by atoms with Crippen molar-refractivity contribution < 1.29 is 14.3 Å². The molecule has 0 spiro atoms. The van der Waals surface area contributed by atoms with E-state index >= 15 is 0 Å². The first-order chi connectivity index (χ1) is 16.0. The lowest BCUT2D eigenvalue weighted by Crippen LogP contribution is -2.42. The van der Waals surface area contributed by atoms with Crippen LogP contribution < -0.4 is 16.4 Å². The van der Waals surface area contributed by atoms with Gasteiger partial charge in [0.2, 0.25) is 5.91 Å². The van der Waals surface area contributed by atoms with Crippen LogP contribution in [-0.2, 0) is 16.1 Å². The number of aromatic nitrogens is 2. The van der Waals surface area contributed by atoms with E-state index in [0.717, 1.165) is 55.1 Å². The number of aromatic amines is 1. The number of nitrogens with two attached hydrogens (primary N) is 1. The third-order valence-electron chi connectivity index (χ3n) is 5.85. The predicted molar refractivity (Wildman–Crippen MR) is 126 cm³/mol. The zero-order chi connectivity index (χ0) is 23.2. The highest BCUT2D eigenvalue weighted by Crippen LogP contribution is 2.25. The molecule has 0 unspecified atom stereocenters. The van der Waals surface area contributed by atoms with Crippen molar-refractivity contribution in [2.24, 2.45) is 5.73 Å². The molecule has 2 amide bonds. The van der Waals surface area contributed by atoms with E-state index in [0.29, 0.717) is 11.6 Å². The smallest absolute Gasteiger partial charge is 0.251 e. The zero-order valence-corrected chi connectivity index (χ0v) is 18.6. The third kappa shape index (κ3) is 5.85. The molecule has 1 aromatic heterocycles. The maximum absolute atomic E-state index is 12.4. The lowest BCUT2D eigenvalue weighted by molar-refractivity contribution is -0.119. The van der Waals surface area contributed by atoms with Gasteiger partial charge in [-0.25, -0.2) is 0 Å². The summed E-state index contributed by atoms with van der Waals surface area (Å²) in [6.45, 7) is 4.05. The molecule has 1 atom stereocenters. The van der Waals surface area contributed by atoms with Crippen molar-refractivity contribution in [2.45, 2.75) is 38.4 Å². The molecule has 1 aliphatic rings. The van der Waals surface area contributed by atoms with Crippen molar-refractivity contribution in [2.75, 3.05) is 13.2 Å². The Morgan fingerprint density at radius 3 is 2.61 bits per heavy atom. The van der Waals surface area contributed by atoms with Crippen LogP contribution in [-0.4, -0.2) is 47.3 Å². The van der Waals surface area contributed by atoms with Crippen LogP contribution in [0.15, 0.2) is 54.6 Å². The number of benzene rings is 2. The molecule has 1 saturated heterocycles. The fourth-order valence-electron chi connectivity index (χ4n) is 3.75. The minimum atomic E-state index is -0.743. The van der Waals surface area contributed by atoms with Crippen LogP contribution in [0.3, 0.4) is 0 Å². The average molecular weight is 448 g/mol. The van der Waals surface area contributed by atoms with Gasteiger partial charge in [-0.3, -0.25) is 14.7 Å². The van der Waals surface area contributed by atoms with Gasteiger partial charge in [0, 0.05) is 36.9 Å². The molecule has 8 nitrogen and oxygen atoms in total. The van der Waals surface area contributed by atoms with E-state index in [1.165, 1.54) is 5.56 Å². The molecule has 0 saturated carbocycles. The summed E-state index contributed by atoms with van der Waals surface area (Å²) in [7, 11) is 0. The molecule has 1 fully saturated rings. The summed E-state index contributed by atoms with van der Waals surface area (Å²) in [6.07, 6.45) is 2.12. The van der Waals surface area contributed by atoms with E-state index in [9.17, 15) is 9.59 Å². The SMILES string of the molecule is C[C@@H](NC(=O)c1cccc(-c2cc(-c3ccc(CNC4CCOCC4)cc3)[nH]n2)c1)C(N)=O. The van der Waals surface area contributed by atoms with Gasteiger partial charge in [-0.2, -0.15) is 5.10 Å². The lowest BCUT2D eigenvalue weighted by Gasteiger charge is -2.23. The molecule has 2 heterocycles. The minimum Gasteiger partial charge on any atom is -0.381 e. The van der Waals surface area contributed by atoms with Gasteiger partial charge in [0.1, 0.15) is 6.04 Å². The van der Waals surface area contributed by atoms with Gasteiger partial charge in [-0.05, 0) is 49.1 Å². The summed E-state index contributed by atoms with van der Waals surface area (Å²) in [5.74, 6) is -0.939. The molecule has 1 aliphatic heterocycles. The van der Waals surface area contributed by atoms with E-state index in [2.05, 4.69) is 45.1 Å². The molecule has 2 aromatic carbocycles. The largest absolute Gasteiger partial charge is 0.381 e. The van der Waals surface area contributed by atoms with Crippen LogP contribution in [0.2, 0.25) is 0 Å². The van der Waals surface area contributed by atoms with Crippen molar-refractivity contribution in [1.29, 1.82) is 0 Å². The molecule has 8 heteroatoms. The predicted octanol–water partition coefficient (Wildman–Crippen LogP) is 2.62. The first kappa shape index (κ1) is 22.7.